The molecule has 1 aromatic rings. The van der Waals surface area contributed by atoms with Crippen LogP contribution in [0, 0.1) is 0 Å². The van der Waals surface area contributed by atoms with Gasteiger partial charge in [-0.1, -0.05) is 15.9 Å². The fourth-order valence-electron chi connectivity index (χ4n) is 1.01. The van der Waals surface area contributed by atoms with E-state index in [4.69, 9.17) is 9.47 Å². The van der Waals surface area contributed by atoms with Gasteiger partial charge >= 0.3 is 0 Å². The third-order valence-corrected chi connectivity index (χ3v) is 2.04. The molecule has 4 nitrogen and oxygen atoms in total. The number of carbonyl (C=O) groups excluding carboxylic acids is 1. The van der Waals surface area contributed by atoms with Crippen LogP contribution in [0.25, 0.3) is 0 Å². The fraction of sp³-hybridized carbons (Fsp3) is 0.300. The van der Waals surface area contributed by atoms with Gasteiger partial charge in [0.1, 0.15) is 6.61 Å². The molecule has 0 fully saturated rings. The second-order valence-corrected chi connectivity index (χ2v) is 3.60. The summed E-state index contributed by atoms with van der Waals surface area (Å²) in [5.41, 5.74) is 0. The van der Waals surface area contributed by atoms with E-state index in [1.807, 2.05) is 6.92 Å². The Bertz CT molecular complexity index is 351. The van der Waals surface area contributed by atoms with Crippen molar-refractivity contribution in [2.24, 2.45) is 0 Å². The molecule has 0 unspecified atom stereocenters. The minimum Gasteiger partial charge on any atom is -0.546 e. The average Bonchev–Trinajstić information content (AvgIpc) is 2.17. The van der Waals surface area contributed by atoms with Gasteiger partial charge in [0.05, 0.1) is 12.6 Å². The van der Waals surface area contributed by atoms with Gasteiger partial charge in [-0.2, -0.15) is 0 Å². The molecule has 0 N–H and O–H groups in total. The first-order chi connectivity index (χ1) is 7.13. The minimum absolute atomic E-state index is 0.393. The van der Waals surface area contributed by atoms with Crippen LogP contribution in [0.5, 0.6) is 11.5 Å². The van der Waals surface area contributed by atoms with E-state index in [-0.39, 0.29) is 0 Å². The summed E-state index contributed by atoms with van der Waals surface area (Å²) in [5.74, 6) is -0.363. The van der Waals surface area contributed by atoms with Crippen molar-refractivity contribution in [3.8, 4) is 11.5 Å². The van der Waals surface area contributed by atoms with Crippen LogP contribution in [0.1, 0.15) is 6.92 Å². The molecular formula is C10H10BrO4-. The summed E-state index contributed by atoms with van der Waals surface area (Å²) in [4.78, 5) is 10.2. The monoisotopic (exact) mass is 273 g/mol. The highest BCUT2D eigenvalue weighted by Gasteiger charge is 2.05. The molecule has 0 heterocycles. The first-order valence-corrected chi connectivity index (χ1v) is 5.17. The molecule has 82 valence electrons. The van der Waals surface area contributed by atoms with E-state index in [9.17, 15) is 9.90 Å². The van der Waals surface area contributed by atoms with Crippen LogP contribution in [0.3, 0.4) is 0 Å². The molecule has 5 heteroatoms. The molecule has 0 spiro atoms. The molecule has 1 aromatic carbocycles. The Hall–Kier alpha value is -1.23. The summed E-state index contributed by atoms with van der Waals surface area (Å²) < 4.78 is 11.1. The molecule has 0 bridgehead atoms. The quantitative estimate of drug-likeness (QED) is 0.803. The highest BCUT2D eigenvalue weighted by atomic mass is 79.9. The van der Waals surface area contributed by atoms with E-state index in [1.54, 1.807) is 18.2 Å². The molecule has 0 aliphatic carbocycles. The SMILES string of the molecule is CCOc1cc(Br)ccc1OCC(=O)[O-]. The van der Waals surface area contributed by atoms with Gasteiger partial charge in [-0.3, -0.25) is 0 Å². The number of rotatable bonds is 5. The van der Waals surface area contributed by atoms with Crippen LogP contribution in [0.15, 0.2) is 22.7 Å². The topological polar surface area (TPSA) is 58.6 Å². The zero-order valence-corrected chi connectivity index (χ0v) is 9.74. The maximum Gasteiger partial charge on any atom is 0.162 e. The third-order valence-electron chi connectivity index (χ3n) is 1.55. The Kier molecular flexibility index (Phi) is 4.42. The smallest absolute Gasteiger partial charge is 0.162 e. The zero-order valence-electron chi connectivity index (χ0n) is 8.16. The largest absolute Gasteiger partial charge is 0.546 e. The molecule has 0 atom stereocenters. The van der Waals surface area contributed by atoms with Crippen molar-refractivity contribution in [2.45, 2.75) is 6.92 Å². The van der Waals surface area contributed by atoms with Gasteiger partial charge in [-0.05, 0) is 25.1 Å². The maximum absolute atomic E-state index is 10.2. The van der Waals surface area contributed by atoms with Gasteiger partial charge in [0.25, 0.3) is 0 Å². The summed E-state index contributed by atoms with van der Waals surface area (Å²) >= 11 is 3.28. The van der Waals surface area contributed by atoms with Gasteiger partial charge in [-0.25, -0.2) is 0 Å². The van der Waals surface area contributed by atoms with Crippen LogP contribution in [0.2, 0.25) is 0 Å². The Morgan fingerprint density at radius 3 is 2.73 bits per heavy atom. The minimum atomic E-state index is -1.26. The third kappa shape index (κ3) is 3.79. The summed E-state index contributed by atoms with van der Waals surface area (Å²) in [7, 11) is 0. The van der Waals surface area contributed by atoms with Crippen molar-refractivity contribution in [3.63, 3.8) is 0 Å². The molecule has 0 saturated heterocycles. The summed E-state index contributed by atoms with van der Waals surface area (Å²) in [6.07, 6.45) is 0. The van der Waals surface area contributed by atoms with E-state index in [0.29, 0.717) is 18.1 Å². The molecular weight excluding hydrogens is 264 g/mol. The molecule has 0 amide bonds. The van der Waals surface area contributed by atoms with Crippen LogP contribution < -0.4 is 14.6 Å². The van der Waals surface area contributed by atoms with Crippen LogP contribution in [0.4, 0.5) is 0 Å². The number of carboxylic acids is 1. The molecule has 15 heavy (non-hydrogen) atoms. The number of halogens is 1. The fourth-order valence-corrected chi connectivity index (χ4v) is 1.35. The van der Waals surface area contributed by atoms with E-state index in [1.165, 1.54) is 0 Å². The zero-order chi connectivity index (χ0) is 11.3. The molecule has 0 aliphatic rings. The van der Waals surface area contributed by atoms with E-state index in [0.717, 1.165) is 4.47 Å². The lowest BCUT2D eigenvalue weighted by Gasteiger charge is -2.12. The number of hydrogen-bond acceptors (Lipinski definition) is 4. The first-order valence-electron chi connectivity index (χ1n) is 4.38. The van der Waals surface area contributed by atoms with Gasteiger partial charge in [0.15, 0.2) is 11.5 Å². The number of carbonyl (C=O) groups is 1. The number of aliphatic carboxylic acids is 1. The van der Waals surface area contributed by atoms with Crippen molar-refractivity contribution >= 4 is 21.9 Å². The summed E-state index contributed by atoms with van der Waals surface area (Å²) in [6.45, 7) is 1.84. The lowest BCUT2D eigenvalue weighted by atomic mass is 10.3. The highest BCUT2D eigenvalue weighted by molar-refractivity contribution is 9.10. The molecule has 0 saturated carbocycles. The van der Waals surface area contributed by atoms with Crippen molar-refractivity contribution in [1.29, 1.82) is 0 Å². The maximum atomic E-state index is 10.2. The van der Waals surface area contributed by atoms with Crippen molar-refractivity contribution in [2.75, 3.05) is 13.2 Å². The normalized spacial score (nSPS) is 9.73. The predicted octanol–water partition coefficient (Wildman–Crippen LogP) is 0.976. The van der Waals surface area contributed by atoms with E-state index >= 15 is 0 Å². The lowest BCUT2D eigenvalue weighted by molar-refractivity contribution is -0.307. The van der Waals surface area contributed by atoms with Gasteiger partial charge in [0.2, 0.25) is 0 Å². The van der Waals surface area contributed by atoms with Crippen molar-refractivity contribution in [1.82, 2.24) is 0 Å². The Balaban J connectivity index is 2.80. The molecule has 0 aliphatic heterocycles. The van der Waals surface area contributed by atoms with Crippen LogP contribution >= 0.6 is 15.9 Å². The number of hydrogen-bond donors (Lipinski definition) is 0. The summed E-state index contributed by atoms with van der Waals surface area (Å²) in [5, 5.41) is 10.2. The Morgan fingerprint density at radius 1 is 1.40 bits per heavy atom. The highest BCUT2D eigenvalue weighted by Crippen LogP contribution is 2.30. The first kappa shape index (κ1) is 11.8. The van der Waals surface area contributed by atoms with Crippen molar-refractivity contribution < 1.29 is 19.4 Å². The number of ether oxygens (including phenoxy) is 2. The van der Waals surface area contributed by atoms with E-state index in [2.05, 4.69) is 15.9 Å². The molecule has 1 rings (SSSR count). The predicted molar refractivity (Wildman–Crippen MR) is 55.8 cm³/mol. The van der Waals surface area contributed by atoms with E-state index < -0.39 is 12.6 Å². The van der Waals surface area contributed by atoms with Gasteiger partial charge < -0.3 is 19.4 Å². The van der Waals surface area contributed by atoms with Gasteiger partial charge in [0, 0.05) is 4.47 Å². The lowest BCUT2D eigenvalue weighted by Crippen LogP contribution is -2.29. The van der Waals surface area contributed by atoms with Crippen LogP contribution in [-0.4, -0.2) is 19.2 Å². The molecule has 0 radical (unpaired) electrons. The number of benzene rings is 1. The second-order valence-electron chi connectivity index (χ2n) is 2.68. The Labute approximate surface area is 95.9 Å². The number of carboxylic acid groups (broad SMARTS) is 1. The summed E-state index contributed by atoms with van der Waals surface area (Å²) in [6, 6.07) is 5.10. The standard InChI is InChI=1S/C10H11BrO4/c1-2-14-9-5-7(11)3-4-8(9)15-6-10(12)13/h3-5H,2,6H2,1H3,(H,12,13)/p-1. The van der Waals surface area contributed by atoms with Crippen LogP contribution in [-0.2, 0) is 4.79 Å². The Morgan fingerprint density at radius 2 is 2.13 bits per heavy atom. The van der Waals surface area contributed by atoms with Crippen molar-refractivity contribution in [3.05, 3.63) is 22.7 Å². The second kappa shape index (κ2) is 5.60. The van der Waals surface area contributed by atoms with Gasteiger partial charge in [-0.15, -0.1) is 0 Å². The molecule has 0 aromatic heterocycles. The average molecular weight is 274 g/mol.